The molecule has 0 amide bonds. The second-order valence-electron chi connectivity index (χ2n) is 3.42. The summed E-state index contributed by atoms with van der Waals surface area (Å²) >= 11 is 1.71. The normalized spacial score (nSPS) is 25.6. The highest BCUT2D eigenvalue weighted by molar-refractivity contribution is 7.09. The van der Waals surface area contributed by atoms with Gasteiger partial charge in [-0.25, -0.2) is 0 Å². The number of allylic oxidation sites excluding steroid dienone is 1. The molecule has 2 heterocycles. The van der Waals surface area contributed by atoms with Gasteiger partial charge in [0, 0.05) is 23.2 Å². The van der Waals surface area contributed by atoms with Crippen molar-refractivity contribution >= 4 is 11.3 Å². The second kappa shape index (κ2) is 3.48. The summed E-state index contributed by atoms with van der Waals surface area (Å²) in [5, 5.41) is 5.15. The van der Waals surface area contributed by atoms with Crippen molar-refractivity contribution in [1.29, 1.82) is 0 Å². The van der Waals surface area contributed by atoms with Gasteiger partial charge in [-0.15, -0.1) is 11.3 Å². The van der Waals surface area contributed by atoms with E-state index >= 15 is 0 Å². The third-order valence-corrected chi connectivity index (χ3v) is 3.00. The van der Waals surface area contributed by atoms with Crippen LogP contribution in [0.25, 0.3) is 0 Å². The van der Waals surface area contributed by atoms with Gasteiger partial charge in [0.2, 0.25) is 0 Å². The lowest BCUT2D eigenvalue weighted by Gasteiger charge is -2.28. The molecule has 0 aliphatic carbocycles. The smallest absolute Gasteiger partial charge is 0.110 e. The molecular formula is C10H13N3S. The van der Waals surface area contributed by atoms with Gasteiger partial charge in [-0.2, -0.15) is 0 Å². The molecule has 1 aliphatic heterocycles. The van der Waals surface area contributed by atoms with Crippen LogP contribution < -0.4 is 16.8 Å². The van der Waals surface area contributed by atoms with Crippen molar-refractivity contribution in [3.8, 4) is 0 Å². The molecule has 0 saturated carbocycles. The zero-order valence-electron chi connectivity index (χ0n) is 7.73. The van der Waals surface area contributed by atoms with Crippen LogP contribution in [0, 0.1) is 0 Å². The Hall–Kier alpha value is -1.26. The van der Waals surface area contributed by atoms with Gasteiger partial charge in [0.05, 0.1) is 0 Å². The number of hydrogen-bond acceptors (Lipinski definition) is 4. The summed E-state index contributed by atoms with van der Waals surface area (Å²) in [6.45, 7) is 0. The third kappa shape index (κ3) is 1.97. The fourth-order valence-corrected chi connectivity index (χ4v) is 2.18. The summed E-state index contributed by atoms with van der Waals surface area (Å²) in [6, 6.07) is 4.11. The van der Waals surface area contributed by atoms with Gasteiger partial charge in [-0.1, -0.05) is 6.07 Å². The van der Waals surface area contributed by atoms with Crippen molar-refractivity contribution in [2.75, 3.05) is 0 Å². The first-order valence-electron chi connectivity index (χ1n) is 4.42. The first-order chi connectivity index (χ1) is 6.68. The molecule has 2 rings (SSSR count). The molecule has 1 unspecified atom stereocenters. The Morgan fingerprint density at radius 1 is 1.50 bits per heavy atom. The summed E-state index contributed by atoms with van der Waals surface area (Å²) in [5.74, 6) is 0. The van der Waals surface area contributed by atoms with Crippen LogP contribution in [0.4, 0.5) is 0 Å². The van der Waals surface area contributed by atoms with Crippen LogP contribution in [0.5, 0.6) is 0 Å². The molecule has 5 N–H and O–H groups in total. The van der Waals surface area contributed by atoms with Crippen LogP contribution in [0.3, 0.4) is 0 Å². The largest absolute Gasteiger partial charge is 0.398 e. The van der Waals surface area contributed by atoms with Crippen molar-refractivity contribution in [1.82, 2.24) is 5.32 Å². The molecule has 0 fully saturated rings. The number of rotatable bonds is 2. The van der Waals surface area contributed by atoms with E-state index in [9.17, 15) is 0 Å². The van der Waals surface area contributed by atoms with E-state index < -0.39 is 5.66 Å². The highest BCUT2D eigenvalue weighted by atomic mass is 32.1. The maximum atomic E-state index is 6.12. The first kappa shape index (κ1) is 9.30. The van der Waals surface area contributed by atoms with Crippen LogP contribution in [0.2, 0.25) is 0 Å². The summed E-state index contributed by atoms with van der Waals surface area (Å²) < 4.78 is 0. The minimum atomic E-state index is -0.492. The van der Waals surface area contributed by atoms with E-state index in [1.165, 1.54) is 4.88 Å². The quantitative estimate of drug-likeness (QED) is 0.675. The molecule has 0 saturated heterocycles. The molecular weight excluding hydrogens is 194 g/mol. The standard InChI is InChI=1S/C10H13N3S/c11-8-3-4-10(12,13-7-8)6-9-2-1-5-14-9/h1-5,7,13H,6,11-12H2. The maximum absolute atomic E-state index is 6.12. The van der Waals surface area contributed by atoms with Crippen molar-refractivity contribution in [3.63, 3.8) is 0 Å². The molecule has 1 aliphatic rings. The highest BCUT2D eigenvalue weighted by Crippen LogP contribution is 2.17. The van der Waals surface area contributed by atoms with Gasteiger partial charge in [-0.05, 0) is 23.6 Å². The molecule has 0 spiro atoms. The van der Waals surface area contributed by atoms with Crippen LogP contribution in [0.15, 0.2) is 41.6 Å². The van der Waals surface area contributed by atoms with E-state index in [0.717, 1.165) is 6.42 Å². The van der Waals surface area contributed by atoms with E-state index in [4.69, 9.17) is 11.5 Å². The summed E-state index contributed by atoms with van der Waals surface area (Å²) in [6.07, 6.45) is 6.27. The molecule has 3 nitrogen and oxygen atoms in total. The van der Waals surface area contributed by atoms with E-state index in [-0.39, 0.29) is 0 Å². The zero-order valence-corrected chi connectivity index (χ0v) is 8.55. The average molecular weight is 207 g/mol. The van der Waals surface area contributed by atoms with E-state index in [2.05, 4.69) is 16.8 Å². The maximum Gasteiger partial charge on any atom is 0.110 e. The molecule has 0 aromatic carbocycles. The fourth-order valence-electron chi connectivity index (χ4n) is 1.37. The number of thiophene rings is 1. The van der Waals surface area contributed by atoms with Crippen LogP contribution in [-0.2, 0) is 6.42 Å². The highest BCUT2D eigenvalue weighted by Gasteiger charge is 2.22. The lowest BCUT2D eigenvalue weighted by Crippen LogP contribution is -2.52. The molecule has 4 heteroatoms. The third-order valence-electron chi connectivity index (χ3n) is 2.13. The number of nitrogens with two attached hydrogens (primary N) is 2. The Balaban J connectivity index is 2.09. The monoisotopic (exact) mass is 207 g/mol. The Kier molecular flexibility index (Phi) is 2.31. The van der Waals surface area contributed by atoms with Gasteiger partial charge in [0.15, 0.2) is 0 Å². The predicted octanol–water partition coefficient (Wildman–Crippen LogP) is 0.905. The molecule has 1 atom stereocenters. The van der Waals surface area contributed by atoms with Crippen molar-refractivity contribution in [3.05, 3.63) is 46.4 Å². The minimum Gasteiger partial charge on any atom is -0.398 e. The minimum absolute atomic E-state index is 0.492. The molecule has 14 heavy (non-hydrogen) atoms. The zero-order chi connectivity index (χ0) is 10.0. The number of nitrogens with one attached hydrogen (secondary N) is 1. The van der Waals surface area contributed by atoms with Gasteiger partial charge in [0.1, 0.15) is 5.66 Å². The lowest BCUT2D eigenvalue weighted by molar-refractivity contribution is 0.467. The molecule has 1 aromatic heterocycles. The summed E-state index contributed by atoms with van der Waals surface area (Å²) in [5.41, 5.74) is 11.9. The summed E-state index contributed by atoms with van der Waals surface area (Å²) in [4.78, 5) is 1.26. The number of hydrogen-bond donors (Lipinski definition) is 3. The van der Waals surface area contributed by atoms with Gasteiger partial charge < -0.3 is 16.8 Å². The number of dihydropyridines is 1. The Morgan fingerprint density at radius 2 is 2.36 bits per heavy atom. The van der Waals surface area contributed by atoms with Crippen molar-refractivity contribution in [2.24, 2.45) is 11.5 Å². The predicted molar refractivity (Wildman–Crippen MR) is 59.5 cm³/mol. The Morgan fingerprint density at radius 3 is 2.93 bits per heavy atom. The topological polar surface area (TPSA) is 64.1 Å². The van der Waals surface area contributed by atoms with Gasteiger partial charge >= 0.3 is 0 Å². The average Bonchev–Trinajstić information content (AvgIpc) is 2.63. The SMILES string of the molecule is NC1=CNC(N)(Cc2cccs2)C=C1. The van der Waals surface area contributed by atoms with Crippen molar-refractivity contribution in [2.45, 2.75) is 12.1 Å². The Labute approximate surface area is 87.1 Å². The Bertz CT molecular complexity index is 367. The van der Waals surface area contributed by atoms with Gasteiger partial charge in [-0.3, -0.25) is 0 Å². The van der Waals surface area contributed by atoms with Crippen LogP contribution >= 0.6 is 11.3 Å². The van der Waals surface area contributed by atoms with Crippen molar-refractivity contribution < 1.29 is 0 Å². The first-order valence-corrected chi connectivity index (χ1v) is 5.30. The van der Waals surface area contributed by atoms with Crippen LogP contribution in [-0.4, -0.2) is 5.66 Å². The summed E-state index contributed by atoms with van der Waals surface area (Å²) in [7, 11) is 0. The molecule has 1 aromatic rings. The van der Waals surface area contributed by atoms with Gasteiger partial charge in [0.25, 0.3) is 0 Å². The van der Waals surface area contributed by atoms with E-state index in [1.807, 2.05) is 18.2 Å². The lowest BCUT2D eigenvalue weighted by atomic mass is 10.0. The fraction of sp³-hybridized carbons (Fsp3) is 0.200. The molecule has 74 valence electrons. The second-order valence-corrected chi connectivity index (χ2v) is 4.45. The van der Waals surface area contributed by atoms with E-state index in [0.29, 0.717) is 5.70 Å². The molecule has 0 bridgehead atoms. The van der Waals surface area contributed by atoms with Crippen LogP contribution in [0.1, 0.15) is 4.88 Å². The van der Waals surface area contributed by atoms with E-state index in [1.54, 1.807) is 17.5 Å². The molecule has 0 radical (unpaired) electrons.